The fraction of sp³-hybridized carbons (Fsp3) is 0.267. The van der Waals surface area contributed by atoms with E-state index >= 15 is 0 Å². The van der Waals surface area contributed by atoms with Gasteiger partial charge >= 0.3 is 0 Å². The average Bonchev–Trinajstić information content (AvgIpc) is 2.68. The molecule has 0 saturated carbocycles. The van der Waals surface area contributed by atoms with Gasteiger partial charge in [-0.2, -0.15) is 0 Å². The predicted molar refractivity (Wildman–Crippen MR) is 75.2 cm³/mol. The van der Waals surface area contributed by atoms with Crippen LogP contribution in [0.4, 0.5) is 0 Å². The molecule has 1 amide bonds. The number of benzene rings is 1. The minimum atomic E-state index is -0.0497. The number of carbonyl (C=O) groups is 1. The Morgan fingerprint density at radius 3 is 2.63 bits per heavy atom. The summed E-state index contributed by atoms with van der Waals surface area (Å²) in [5.74, 6) is 1.65. The first-order valence-corrected chi connectivity index (χ1v) is 6.50. The lowest BCUT2D eigenvalue weighted by atomic mass is 10.1. The topological polar surface area (TPSA) is 42.2 Å². The van der Waals surface area contributed by atoms with E-state index in [-0.39, 0.29) is 12.3 Å². The second-order valence-electron chi connectivity index (χ2n) is 4.48. The van der Waals surface area contributed by atoms with Gasteiger partial charge in [0.15, 0.2) is 0 Å². The summed E-state index contributed by atoms with van der Waals surface area (Å²) in [7, 11) is 0. The van der Waals surface area contributed by atoms with Crippen LogP contribution in [0.15, 0.2) is 34.7 Å². The summed E-state index contributed by atoms with van der Waals surface area (Å²) in [5, 5.41) is 3.49. The molecule has 0 radical (unpaired) electrons. The van der Waals surface area contributed by atoms with Gasteiger partial charge in [0.25, 0.3) is 0 Å². The molecule has 2 aromatic rings. The lowest BCUT2D eigenvalue weighted by Crippen LogP contribution is -2.24. The lowest BCUT2D eigenvalue weighted by molar-refractivity contribution is -0.120. The van der Waals surface area contributed by atoms with Gasteiger partial charge in [-0.1, -0.05) is 29.8 Å². The van der Waals surface area contributed by atoms with Gasteiger partial charge in [-0.15, -0.1) is 0 Å². The highest BCUT2D eigenvalue weighted by atomic mass is 35.5. The second kappa shape index (κ2) is 5.93. The number of carbonyl (C=O) groups excluding carboxylic acids is 1. The first-order chi connectivity index (χ1) is 9.06. The first kappa shape index (κ1) is 13.7. The van der Waals surface area contributed by atoms with Crippen LogP contribution in [-0.2, 0) is 17.8 Å². The van der Waals surface area contributed by atoms with Crippen LogP contribution >= 0.6 is 11.6 Å². The first-order valence-electron chi connectivity index (χ1n) is 6.12. The Kier molecular flexibility index (Phi) is 4.27. The standard InChI is InChI=1S/C15H16ClNO2/c1-10-7-13(11(2)19-10)9-17-15(18)8-12-5-3-4-6-14(12)16/h3-7H,8-9H2,1-2H3,(H,17,18). The molecule has 100 valence electrons. The largest absolute Gasteiger partial charge is 0.466 e. The second-order valence-corrected chi connectivity index (χ2v) is 4.89. The molecule has 0 bridgehead atoms. The van der Waals surface area contributed by atoms with Gasteiger partial charge in [-0.3, -0.25) is 4.79 Å². The highest BCUT2D eigenvalue weighted by Gasteiger charge is 2.09. The lowest BCUT2D eigenvalue weighted by Gasteiger charge is -2.06. The van der Waals surface area contributed by atoms with Crippen molar-refractivity contribution >= 4 is 17.5 Å². The summed E-state index contributed by atoms with van der Waals surface area (Å²) < 4.78 is 5.41. The molecule has 4 heteroatoms. The fourth-order valence-corrected chi connectivity index (χ4v) is 2.13. The summed E-state index contributed by atoms with van der Waals surface area (Å²) in [6.07, 6.45) is 0.287. The zero-order valence-corrected chi connectivity index (χ0v) is 11.8. The summed E-state index contributed by atoms with van der Waals surface area (Å²) in [5.41, 5.74) is 1.84. The van der Waals surface area contributed by atoms with Crippen molar-refractivity contribution < 1.29 is 9.21 Å². The maximum absolute atomic E-state index is 11.9. The van der Waals surface area contributed by atoms with Crippen molar-refractivity contribution in [2.24, 2.45) is 0 Å². The third-order valence-electron chi connectivity index (χ3n) is 2.93. The number of furan rings is 1. The number of amides is 1. The molecule has 0 saturated heterocycles. The predicted octanol–water partition coefficient (Wildman–Crippen LogP) is 3.41. The summed E-state index contributed by atoms with van der Waals surface area (Å²) >= 11 is 6.02. The van der Waals surface area contributed by atoms with Crippen molar-refractivity contribution in [3.63, 3.8) is 0 Å². The summed E-state index contributed by atoms with van der Waals surface area (Å²) in [6, 6.07) is 9.30. The minimum Gasteiger partial charge on any atom is -0.466 e. The maximum Gasteiger partial charge on any atom is 0.224 e. The molecule has 2 rings (SSSR count). The number of aryl methyl sites for hydroxylation is 2. The fourth-order valence-electron chi connectivity index (χ4n) is 1.93. The highest BCUT2D eigenvalue weighted by molar-refractivity contribution is 6.31. The van der Waals surface area contributed by atoms with Crippen molar-refractivity contribution in [1.82, 2.24) is 5.32 Å². The van der Waals surface area contributed by atoms with Gasteiger partial charge in [-0.25, -0.2) is 0 Å². The van der Waals surface area contributed by atoms with Crippen molar-refractivity contribution in [3.05, 3.63) is 58.0 Å². The molecule has 0 aliphatic heterocycles. The third kappa shape index (κ3) is 3.61. The smallest absolute Gasteiger partial charge is 0.224 e. The van der Waals surface area contributed by atoms with Crippen molar-refractivity contribution in [2.45, 2.75) is 26.8 Å². The Labute approximate surface area is 117 Å². The molecule has 0 aliphatic carbocycles. The molecular formula is C15H16ClNO2. The number of hydrogen-bond acceptors (Lipinski definition) is 2. The Hall–Kier alpha value is -1.74. The van der Waals surface area contributed by atoms with E-state index in [4.69, 9.17) is 16.0 Å². The van der Waals surface area contributed by atoms with E-state index in [0.29, 0.717) is 11.6 Å². The molecule has 19 heavy (non-hydrogen) atoms. The number of hydrogen-bond donors (Lipinski definition) is 1. The summed E-state index contributed by atoms with van der Waals surface area (Å²) in [6.45, 7) is 4.26. The highest BCUT2D eigenvalue weighted by Crippen LogP contribution is 2.16. The van der Waals surface area contributed by atoms with E-state index in [2.05, 4.69) is 5.32 Å². The van der Waals surface area contributed by atoms with E-state index in [1.54, 1.807) is 6.07 Å². The van der Waals surface area contributed by atoms with Crippen molar-refractivity contribution in [2.75, 3.05) is 0 Å². The molecule has 0 unspecified atom stereocenters. The quantitative estimate of drug-likeness (QED) is 0.930. The van der Waals surface area contributed by atoms with Gasteiger partial charge in [0, 0.05) is 17.1 Å². The van der Waals surface area contributed by atoms with E-state index in [0.717, 1.165) is 22.6 Å². The SMILES string of the molecule is Cc1cc(CNC(=O)Cc2ccccc2Cl)c(C)o1. The molecule has 0 fully saturated rings. The maximum atomic E-state index is 11.9. The van der Waals surface area contributed by atoms with Gasteiger partial charge in [0.05, 0.1) is 6.42 Å². The van der Waals surface area contributed by atoms with Crippen molar-refractivity contribution in [1.29, 1.82) is 0 Å². The molecular weight excluding hydrogens is 262 g/mol. The van der Waals surface area contributed by atoms with Crippen LogP contribution in [0.25, 0.3) is 0 Å². The molecule has 3 nitrogen and oxygen atoms in total. The Bertz CT molecular complexity index is 590. The number of rotatable bonds is 4. The Morgan fingerprint density at radius 2 is 2.00 bits per heavy atom. The van der Waals surface area contributed by atoms with Gasteiger partial charge in [-0.05, 0) is 31.5 Å². The Balaban J connectivity index is 1.92. The molecule has 0 spiro atoms. The summed E-state index contributed by atoms with van der Waals surface area (Å²) in [4.78, 5) is 11.9. The number of nitrogens with one attached hydrogen (secondary N) is 1. The van der Waals surface area contributed by atoms with E-state index in [1.807, 2.05) is 38.1 Å². The monoisotopic (exact) mass is 277 g/mol. The number of halogens is 1. The van der Waals surface area contributed by atoms with E-state index in [1.165, 1.54) is 0 Å². The van der Waals surface area contributed by atoms with Gasteiger partial charge in [0.1, 0.15) is 11.5 Å². The molecule has 0 aliphatic rings. The normalized spacial score (nSPS) is 10.5. The van der Waals surface area contributed by atoms with Crippen LogP contribution < -0.4 is 5.32 Å². The van der Waals surface area contributed by atoms with Gasteiger partial charge in [0.2, 0.25) is 5.91 Å². The van der Waals surface area contributed by atoms with Crippen LogP contribution in [0.2, 0.25) is 5.02 Å². The van der Waals surface area contributed by atoms with Crippen molar-refractivity contribution in [3.8, 4) is 0 Å². The molecule has 1 N–H and O–H groups in total. The molecule has 1 aromatic carbocycles. The van der Waals surface area contributed by atoms with Crippen LogP contribution in [0.5, 0.6) is 0 Å². The molecule has 1 aromatic heterocycles. The average molecular weight is 278 g/mol. The van der Waals surface area contributed by atoms with Crippen LogP contribution in [0.1, 0.15) is 22.6 Å². The van der Waals surface area contributed by atoms with E-state index in [9.17, 15) is 4.79 Å². The van der Waals surface area contributed by atoms with Gasteiger partial charge < -0.3 is 9.73 Å². The Morgan fingerprint density at radius 1 is 1.26 bits per heavy atom. The minimum absolute atomic E-state index is 0.0497. The van der Waals surface area contributed by atoms with Crippen LogP contribution in [0.3, 0.4) is 0 Å². The zero-order valence-electron chi connectivity index (χ0n) is 11.0. The van der Waals surface area contributed by atoms with Crippen LogP contribution in [0, 0.1) is 13.8 Å². The molecule has 0 atom stereocenters. The molecule has 1 heterocycles. The third-order valence-corrected chi connectivity index (χ3v) is 3.30. The van der Waals surface area contributed by atoms with Crippen LogP contribution in [-0.4, -0.2) is 5.91 Å². The van der Waals surface area contributed by atoms with E-state index < -0.39 is 0 Å². The zero-order chi connectivity index (χ0) is 13.8.